The maximum atomic E-state index is 14.4. The zero-order valence-corrected chi connectivity index (χ0v) is 27.9. The molecule has 13 heteroatoms. The maximum absolute atomic E-state index is 14.4. The lowest BCUT2D eigenvalue weighted by Crippen LogP contribution is -2.56. The number of rotatable bonds is 10. The van der Waals surface area contributed by atoms with Gasteiger partial charge in [0, 0.05) is 4.70 Å². The Labute approximate surface area is 272 Å². The van der Waals surface area contributed by atoms with Crippen LogP contribution in [0.1, 0.15) is 55.6 Å². The number of benzene rings is 2. The Bertz CT molecular complexity index is 1550. The highest BCUT2D eigenvalue weighted by molar-refractivity contribution is 7.89. The molecule has 2 aliphatic heterocycles. The van der Waals surface area contributed by atoms with E-state index in [1.165, 1.54) is 23.5 Å². The van der Waals surface area contributed by atoms with E-state index < -0.39 is 33.9 Å². The highest BCUT2D eigenvalue weighted by Crippen LogP contribution is 2.38. The van der Waals surface area contributed by atoms with Gasteiger partial charge in [0.25, 0.3) is 21.8 Å². The molecule has 9 nitrogen and oxygen atoms in total. The molecule has 0 saturated carbocycles. The smallest absolute Gasteiger partial charge is 0.266 e. The number of amides is 2. The second-order valence-electron chi connectivity index (χ2n) is 11.7. The van der Waals surface area contributed by atoms with Crippen molar-refractivity contribution < 1.29 is 22.7 Å². The highest BCUT2D eigenvalue weighted by atomic mass is 35.5. The van der Waals surface area contributed by atoms with Crippen LogP contribution in [0.3, 0.4) is 0 Å². The van der Waals surface area contributed by atoms with E-state index in [4.69, 9.17) is 27.9 Å². The molecule has 2 fully saturated rings. The van der Waals surface area contributed by atoms with Crippen molar-refractivity contribution in [3.05, 3.63) is 57.4 Å². The molecule has 0 unspecified atom stereocenters. The van der Waals surface area contributed by atoms with E-state index in [-0.39, 0.29) is 39.1 Å². The molecule has 238 valence electrons. The minimum absolute atomic E-state index is 0.000423. The third-order valence-corrected chi connectivity index (χ3v) is 11.4. The van der Waals surface area contributed by atoms with Crippen LogP contribution in [0.2, 0.25) is 10.0 Å². The summed E-state index contributed by atoms with van der Waals surface area (Å²) in [4.78, 5) is 28.0. The number of ether oxygens (including phenoxy) is 1. The Morgan fingerprint density at radius 1 is 1.00 bits per heavy atom. The van der Waals surface area contributed by atoms with Gasteiger partial charge in [-0.25, -0.2) is 12.7 Å². The number of carbonyl (C=O) groups excluding carboxylic acids is 2. The van der Waals surface area contributed by atoms with Crippen molar-refractivity contribution in [1.29, 1.82) is 0 Å². The molecule has 44 heavy (non-hydrogen) atoms. The quantitative estimate of drug-likeness (QED) is 0.261. The Kier molecular flexibility index (Phi) is 10.7. The second-order valence-corrected chi connectivity index (χ2v) is 15.4. The fourth-order valence-corrected chi connectivity index (χ4v) is 9.10. The molecular formula is C31H38Cl2N4O5S2. The zero-order valence-electron chi connectivity index (χ0n) is 24.8. The molecule has 2 aliphatic rings. The first-order valence-electron chi connectivity index (χ1n) is 15.0. The predicted molar refractivity (Wildman–Crippen MR) is 175 cm³/mol. The van der Waals surface area contributed by atoms with E-state index in [9.17, 15) is 18.0 Å². The van der Waals surface area contributed by atoms with Crippen LogP contribution in [0.5, 0.6) is 5.75 Å². The third-order valence-electron chi connectivity index (χ3n) is 7.92. The molecule has 3 N–H and O–H groups in total. The summed E-state index contributed by atoms with van der Waals surface area (Å²) >= 11 is 14.5. The molecule has 0 radical (unpaired) electrons. The molecule has 1 aromatic heterocycles. The number of piperidine rings is 2. The summed E-state index contributed by atoms with van der Waals surface area (Å²) < 4.78 is 36.7. The summed E-state index contributed by atoms with van der Waals surface area (Å²) in [5.74, 6) is -0.868. The van der Waals surface area contributed by atoms with Crippen molar-refractivity contribution in [2.75, 3.05) is 26.2 Å². The molecule has 5 rings (SSSR count). The fraction of sp³-hybridized carbons (Fsp3) is 0.484. The van der Waals surface area contributed by atoms with Gasteiger partial charge in [0.2, 0.25) is 0 Å². The molecule has 0 bridgehead atoms. The number of hydrogen-bond acceptors (Lipinski definition) is 8. The van der Waals surface area contributed by atoms with Crippen LogP contribution >= 0.6 is 34.5 Å². The number of hydrogen-bond donors (Lipinski definition) is 3. The largest absolute Gasteiger partial charge is 0.487 e. The van der Waals surface area contributed by atoms with Gasteiger partial charge in [-0.1, -0.05) is 55.2 Å². The average molecular weight is 682 g/mol. The summed E-state index contributed by atoms with van der Waals surface area (Å²) in [7, 11) is -4.42. The first-order valence-corrected chi connectivity index (χ1v) is 18.0. The van der Waals surface area contributed by atoms with Crippen LogP contribution < -0.4 is 20.7 Å². The van der Waals surface area contributed by atoms with Crippen molar-refractivity contribution in [3.63, 3.8) is 0 Å². The molecule has 3 aromatic rings. The van der Waals surface area contributed by atoms with Gasteiger partial charge in [-0.2, -0.15) is 0 Å². The molecule has 2 aromatic carbocycles. The monoisotopic (exact) mass is 680 g/mol. The van der Waals surface area contributed by atoms with Crippen LogP contribution in [0.25, 0.3) is 10.1 Å². The Morgan fingerprint density at radius 3 is 2.23 bits per heavy atom. The summed E-state index contributed by atoms with van der Waals surface area (Å²) in [6.07, 6.45) is 2.58. The topological polar surface area (TPSA) is 117 Å². The van der Waals surface area contributed by atoms with Crippen LogP contribution in [0, 0.1) is 5.92 Å². The SMILES string of the molecule is CC(C)C[C@H](NC(=O)c1cc2ccccc2s1)C(=O)N(C1CCNCC1)S(=O)(=O)c1cc(Cl)c(OC2CCNCC2)c(Cl)c1. The predicted octanol–water partition coefficient (Wildman–Crippen LogP) is 5.45. The van der Waals surface area contributed by atoms with Gasteiger partial charge >= 0.3 is 0 Å². The third kappa shape index (κ3) is 7.51. The number of thiophene rings is 1. The standard InChI is InChI=1S/C31H38Cl2N4O5S2/c1-19(2)15-26(36-30(38)28-16-20-5-3-4-6-27(20)43-28)31(39)37(21-7-11-34-12-8-21)44(40,41)23-17-24(32)29(25(33)18-23)42-22-9-13-35-14-10-22/h3-6,16-19,21-22,26,34-35H,7-15H2,1-2H3,(H,36,38)/t26-/m0/s1. The number of nitrogens with one attached hydrogen (secondary N) is 3. The van der Waals surface area contributed by atoms with Gasteiger partial charge in [-0.3, -0.25) is 9.59 Å². The molecule has 0 spiro atoms. The Morgan fingerprint density at radius 2 is 1.61 bits per heavy atom. The maximum Gasteiger partial charge on any atom is 0.266 e. The fourth-order valence-electron chi connectivity index (χ4n) is 5.70. The van der Waals surface area contributed by atoms with Crippen molar-refractivity contribution in [3.8, 4) is 5.75 Å². The minimum Gasteiger partial charge on any atom is -0.487 e. The second kappa shape index (κ2) is 14.3. The first-order chi connectivity index (χ1) is 21.0. The van der Waals surface area contributed by atoms with E-state index in [0.29, 0.717) is 30.8 Å². The number of carbonyl (C=O) groups is 2. The van der Waals surface area contributed by atoms with Crippen molar-refractivity contribution in [1.82, 2.24) is 20.3 Å². The van der Waals surface area contributed by atoms with E-state index in [0.717, 1.165) is 40.3 Å². The average Bonchev–Trinajstić information content (AvgIpc) is 3.44. The van der Waals surface area contributed by atoms with Gasteiger partial charge < -0.3 is 20.7 Å². The lowest BCUT2D eigenvalue weighted by Gasteiger charge is -2.36. The Hall–Kier alpha value is -2.41. The molecular weight excluding hydrogens is 643 g/mol. The summed E-state index contributed by atoms with van der Waals surface area (Å²) in [6.45, 7) is 6.56. The Balaban J connectivity index is 1.46. The van der Waals surface area contributed by atoms with E-state index in [1.54, 1.807) is 6.07 Å². The highest BCUT2D eigenvalue weighted by Gasteiger charge is 2.41. The lowest BCUT2D eigenvalue weighted by atomic mass is 10.0. The van der Waals surface area contributed by atoms with E-state index >= 15 is 0 Å². The van der Waals surface area contributed by atoms with Crippen LogP contribution in [-0.2, 0) is 14.8 Å². The minimum atomic E-state index is -4.42. The van der Waals surface area contributed by atoms with Crippen molar-refractivity contribution in [2.45, 2.75) is 69.0 Å². The molecule has 0 aliphatic carbocycles. The summed E-state index contributed by atoms with van der Waals surface area (Å²) in [5.41, 5.74) is 0. The van der Waals surface area contributed by atoms with E-state index in [2.05, 4.69) is 16.0 Å². The van der Waals surface area contributed by atoms with E-state index in [1.807, 2.05) is 38.1 Å². The van der Waals surface area contributed by atoms with Gasteiger partial charge in [0.05, 0.1) is 25.9 Å². The van der Waals surface area contributed by atoms with Crippen LogP contribution in [0.4, 0.5) is 0 Å². The normalized spacial score (nSPS) is 17.5. The summed E-state index contributed by atoms with van der Waals surface area (Å²) in [5, 5.41) is 10.4. The lowest BCUT2D eigenvalue weighted by molar-refractivity contribution is -0.130. The molecule has 2 amide bonds. The number of nitrogens with zero attached hydrogens (tertiary/aromatic N) is 1. The van der Waals surface area contributed by atoms with Crippen LogP contribution in [-0.4, -0.2) is 68.9 Å². The van der Waals surface area contributed by atoms with Gasteiger partial charge in [-0.05, 0) is 93.9 Å². The molecule has 1 atom stereocenters. The number of fused-ring (bicyclic) bond motifs is 1. The zero-order chi connectivity index (χ0) is 31.4. The van der Waals surface area contributed by atoms with Crippen molar-refractivity contribution >= 4 is 66.5 Å². The van der Waals surface area contributed by atoms with Gasteiger partial charge in [0.15, 0.2) is 5.75 Å². The van der Waals surface area contributed by atoms with Crippen molar-refractivity contribution in [2.24, 2.45) is 5.92 Å². The van der Waals surface area contributed by atoms with Gasteiger partial charge in [-0.15, -0.1) is 11.3 Å². The first kappa shape index (κ1) is 33.0. The number of sulfonamides is 1. The molecule has 3 heterocycles. The number of halogens is 2. The molecule has 2 saturated heterocycles. The summed E-state index contributed by atoms with van der Waals surface area (Å²) in [6, 6.07) is 10.4. The van der Waals surface area contributed by atoms with Crippen LogP contribution in [0.15, 0.2) is 47.4 Å². The van der Waals surface area contributed by atoms with Gasteiger partial charge in [0.1, 0.15) is 12.1 Å².